The van der Waals surface area contributed by atoms with Crippen LogP contribution < -0.4 is 21.3 Å². The number of piperidine rings is 1. The number of carbonyl (C=O) groups is 5. The van der Waals surface area contributed by atoms with Crippen LogP contribution in [0.15, 0.2) is 38.0 Å². The first-order chi connectivity index (χ1) is 19.1. The molecule has 0 bridgehead atoms. The number of hydrogen-bond donors (Lipinski definition) is 4. The van der Waals surface area contributed by atoms with Crippen LogP contribution in [-0.4, -0.2) is 72.2 Å². The highest BCUT2D eigenvalue weighted by molar-refractivity contribution is 6.38. The summed E-state index contributed by atoms with van der Waals surface area (Å²) in [5.74, 6) is -2.26. The van der Waals surface area contributed by atoms with Gasteiger partial charge in [-0.15, -0.1) is 19.7 Å². The molecular weight excluding hydrogens is 510 g/mol. The summed E-state index contributed by atoms with van der Waals surface area (Å²) in [6, 6.07) is -3.06. The third-order valence-corrected chi connectivity index (χ3v) is 8.76. The number of likely N-dealkylation sites (tertiary alicyclic amines) is 1. The average Bonchev–Trinajstić information content (AvgIpc) is 3.26. The molecule has 5 amide bonds. The third kappa shape index (κ3) is 7.01. The fourth-order valence-corrected chi connectivity index (χ4v) is 6.42. The molecule has 1 aliphatic heterocycles. The van der Waals surface area contributed by atoms with Gasteiger partial charge in [0, 0.05) is 19.6 Å². The Morgan fingerprint density at radius 3 is 2.20 bits per heavy atom. The van der Waals surface area contributed by atoms with Crippen molar-refractivity contribution in [3.8, 4) is 0 Å². The first-order valence-electron chi connectivity index (χ1n) is 14.4. The fraction of sp³-hybridized carbons (Fsp3) is 0.633. The van der Waals surface area contributed by atoms with Crippen LogP contribution in [-0.2, 0) is 19.2 Å². The van der Waals surface area contributed by atoms with Crippen LogP contribution in [0.2, 0.25) is 0 Å². The number of ketones is 1. The zero-order chi connectivity index (χ0) is 29.4. The van der Waals surface area contributed by atoms with Crippen molar-refractivity contribution < 1.29 is 24.0 Å². The van der Waals surface area contributed by atoms with E-state index in [1.165, 1.54) is 6.08 Å². The van der Waals surface area contributed by atoms with Crippen molar-refractivity contribution in [1.29, 1.82) is 0 Å². The zero-order valence-electron chi connectivity index (χ0n) is 23.9. The Morgan fingerprint density at radius 2 is 1.57 bits per heavy atom. The minimum absolute atomic E-state index is 0.0279. The smallest absolute Gasteiger partial charge is 0.315 e. The van der Waals surface area contributed by atoms with Gasteiger partial charge in [-0.3, -0.25) is 19.2 Å². The van der Waals surface area contributed by atoms with Crippen LogP contribution in [0.3, 0.4) is 0 Å². The van der Waals surface area contributed by atoms with Gasteiger partial charge in [0.15, 0.2) is 0 Å². The molecule has 1 saturated heterocycles. The molecule has 5 atom stereocenters. The highest BCUT2D eigenvalue weighted by Crippen LogP contribution is 2.65. The molecular formula is C30H45N5O5. The topological polar surface area (TPSA) is 137 Å². The van der Waals surface area contributed by atoms with E-state index >= 15 is 0 Å². The van der Waals surface area contributed by atoms with E-state index in [2.05, 4.69) is 54.9 Å². The molecule has 4 N–H and O–H groups in total. The highest BCUT2D eigenvalue weighted by atomic mass is 16.2. The SMILES string of the molecule is C=CCCC(NC(=O)[C@@H]1[C@@H]2C(CN1C(=O)[C@@H](NC(=O)NCC=C)C1CCCCC1)C2(C)C)C(=O)C(=O)NCC=C. The van der Waals surface area contributed by atoms with E-state index in [0.29, 0.717) is 13.0 Å². The van der Waals surface area contributed by atoms with Crippen LogP contribution in [0.25, 0.3) is 0 Å². The molecule has 2 aliphatic carbocycles. The van der Waals surface area contributed by atoms with Crippen molar-refractivity contribution >= 4 is 29.5 Å². The van der Waals surface area contributed by atoms with Gasteiger partial charge in [0.05, 0.1) is 6.04 Å². The van der Waals surface area contributed by atoms with Gasteiger partial charge >= 0.3 is 6.03 Å². The van der Waals surface area contributed by atoms with E-state index in [0.717, 1.165) is 32.1 Å². The molecule has 0 aromatic carbocycles. The quantitative estimate of drug-likeness (QED) is 0.192. The minimum Gasteiger partial charge on any atom is -0.346 e. The van der Waals surface area contributed by atoms with Crippen molar-refractivity contribution in [2.24, 2.45) is 23.2 Å². The number of carbonyl (C=O) groups excluding carboxylic acids is 5. The van der Waals surface area contributed by atoms with Gasteiger partial charge in [-0.1, -0.05) is 51.3 Å². The van der Waals surface area contributed by atoms with Gasteiger partial charge in [-0.05, 0) is 48.9 Å². The van der Waals surface area contributed by atoms with E-state index in [-0.39, 0.29) is 48.6 Å². The van der Waals surface area contributed by atoms with Gasteiger partial charge in [0.25, 0.3) is 5.91 Å². The highest BCUT2D eigenvalue weighted by Gasteiger charge is 2.69. The molecule has 1 heterocycles. The lowest BCUT2D eigenvalue weighted by Gasteiger charge is -2.37. The number of hydrogen-bond acceptors (Lipinski definition) is 5. The number of nitrogens with zero attached hydrogens (tertiary/aromatic N) is 1. The van der Waals surface area contributed by atoms with Gasteiger partial charge in [0.1, 0.15) is 12.1 Å². The van der Waals surface area contributed by atoms with Crippen molar-refractivity contribution in [3.05, 3.63) is 38.0 Å². The minimum atomic E-state index is -1.05. The molecule has 10 nitrogen and oxygen atoms in total. The fourth-order valence-electron chi connectivity index (χ4n) is 6.42. The summed E-state index contributed by atoms with van der Waals surface area (Å²) >= 11 is 0. The van der Waals surface area contributed by atoms with Crippen LogP contribution in [0.1, 0.15) is 58.8 Å². The van der Waals surface area contributed by atoms with Crippen LogP contribution in [0.5, 0.6) is 0 Å². The molecule has 3 fully saturated rings. The van der Waals surface area contributed by atoms with Crippen molar-refractivity contribution in [2.45, 2.75) is 76.9 Å². The maximum absolute atomic E-state index is 14.1. The molecule has 3 aliphatic rings. The molecule has 220 valence electrons. The monoisotopic (exact) mass is 555 g/mol. The van der Waals surface area contributed by atoms with Crippen LogP contribution in [0, 0.1) is 23.2 Å². The number of nitrogens with one attached hydrogen (secondary N) is 4. The van der Waals surface area contributed by atoms with E-state index in [1.54, 1.807) is 17.1 Å². The maximum atomic E-state index is 14.1. The summed E-state index contributed by atoms with van der Waals surface area (Å²) in [6.45, 7) is 15.8. The first kappa shape index (κ1) is 31.1. The molecule has 0 spiro atoms. The predicted octanol–water partition coefficient (Wildman–Crippen LogP) is 2.23. The van der Waals surface area contributed by atoms with E-state index in [1.807, 2.05) is 0 Å². The third-order valence-electron chi connectivity index (χ3n) is 8.76. The molecule has 0 aromatic heterocycles. The Kier molecular flexibility index (Phi) is 10.7. The molecule has 0 radical (unpaired) electrons. The first-order valence-corrected chi connectivity index (χ1v) is 14.4. The molecule has 2 unspecified atom stereocenters. The lowest BCUT2D eigenvalue weighted by Crippen LogP contribution is -2.60. The summed E-state index contributed by atoms with van der Waals surface area (Å²) in [6.07, 6.45) is 9.97. The van der Waals surface area contributed by atoms with E-state index in [4.69, 9.17) is 0 Å². The number of fused-ring (bicyclic) bond motifs is 1. The van der Waals surface area contributed by atoms with Crippen molar-refractivity contribution in [3.63, 3.8) is 0 Å². The molecule has 2 saturated carbocycles. The van der Waals surface area contributed by atoms with Crippen LogP contribution >= 0.6 is 0 Å². The number of urea groups is 1. The second-order valence-electron chi connectivity index (χ2n) is 11.7. The van der Waals surface area contributed by atoms with E-state index < -0.39 is 41.8 Å². The Morgan fingerprint density at radius 1 is 0.925 bits per heavy atom. The summed E-state index contributed by atoms with van der Waals surface area (Å²) in [5.41, 5.74) is -0.143. The Hall–Kier alpha value is -3.43. The average molecular weight is 556 g/mol. The largest absolute Gasteiger partial charge is 0.346 e. The molecule has 10 heteroatoms. The van der Waals surface area contributed by atoms with Crippen molar-refractivity contribution in [2.75, 3.05) is 19.6 Å². The second kappa shape index (κ2) is 13.8. The number of allylic oxidation sites excluding steroid dienone is 1. The summed E-state index contributed by atoms with van der Waals surface area (Å²) in [7, 11) is 0. The zero-order valence-corrected chi connectivity index (χ0v) is 23.9. The van der Waals surface area contributed by atoms with Crippen LogP contribution in [0.4, 0.5) is 4.79 Å². The Bertz CT molecular complexity index is 1020. The Balaban J connectivity index is 1.83. The maximum Gasteiger partial charge on any atom is 0.315 e. The van der Waals surface area contributed by atoms with E-state index in [9.17, 15) is 24.0 Å². The summed E-state index contributed by atoms with van der Waals surface area (Å²) < 4.78 is 0. The molecule has 3 rings (SSSR count). The number of Topliss-reactive ketones (excluding diaryl/α,β-unsaturated/α-hetero) is 1. The standard InChI is InChI=1S/C30H45N5O5/c1-6-9-15-21(25(36)27(38)31-16-7-2)33-26(37)24-22-20(30(22,4)5)18-35(24)28(39)23(19-13-11-10-12-14-19)34-29(40)32-17-8-3/h6-8,19-24H,1-3,9-18H2,4-5H3,(H,31,38)(H,33,37)(H2,32,34,40)/t20?,21?,22-,23-,24-/m0/s1. The van der Waals surface area contributed by atoms with Gasteiger partial charge in [-0.25, -0.2) is 4.79 Å². The molecule has 0 aromatic rings. The Labute approximate surface area is 237 Å². The van der Waals surface area contributed by atoms with Gasteiger partial charge in [0.2, 0.25) is 17.6 Å². The summed E-state index contributed by atoms with van der Waals surface area (Å²) in [4.78, 5) is 67.4. The number of rotatable bonds is 14. The normalized spacial score (nSPS) is 24.4. The molecule has 40 heavy (non-hydrogen) atoms. The van der Waals surface area contributed by atoms with Crippen molar-refractivity contribution in [1.82, 2.24) is 26.2 Å². The second-order valence-corrected chi connectivity index (χ2v) is 11.7. The lowest BCUT2D eigenvalue weighted by molar-refractivity contribution is -0.144. The lowest BCUT2D eigenvalue weighted by atomic mass is 9.83. The number of amides is 5. The van der Waals surface area contributed by atoms with Gasteiger partial charge < -0.3 is 26.2 Å². The predicted molar refractivity (Wildman–Crippen MR) is 153 cm³/mol. The summed E-state index contributed by atoms with van der Waals surface area (Å²) in [5, 5.41) is 10.8. The van der Waals surface area contributed by atoms with Gasteiger partial charge in [-0.2, -0.15) is 0 Å².